The van der Waals surface area contributed by atoms with Gasteiger partial charge >= 0.3 is 0 Å². The van der Waals surface area contributed by atoms with Gasteiger partial charge in [-0.25, -0.2) is 8.42 Å². The molecule has 1 N–H and O–H groups in total. The molecule has 1 aromatic carbocycles. The van der Waals surface area contributed by atoms with Crippen LogP contribution in [-0.4, -0.2) is 25.1 Å². The van der Waals surface area contributed by atoms with Gasteiger partial charge in [0.1, 0.15) is 0 Å². The number of hydrogen-bond acceptors (Lipinski definition) is 3. The molecule has 0 heterocycles. The maximum absolute atomic E-state index is 12.9. The van der Waals surface area contributed by atoms with E-state index in [0.717, 1.165) is 31.2 Å². The third-order valence-electron chi connectivity index (χ3n) is 5.15. The fourth-order valence-electron chi connectivity index (χ4n) is 3.41. The van der Waals surface area contributed by atoms with Gasteiger partial charge in [-0.3, -0.25) is 4.79 Å². The Morgan fingerprint density at radius 3 is 2.13 bits per heavy atom. The number of aryl methyl sites for hydroxylation is 1. The minimum Gasteiger partial charge on any atom is -0.352 e. The highest BCUT2D eigenvalue weighted by Crippen LogP contribution is 2.47. The van der Waals surface area contributed by atoms with Crippen molar-refractivity contribution >= 4 is 15.7 Å². The van der Waals surface area contributed by atoms with Crippen molar-refractivity contribution < 1.29 is 13.2 Å². The van der Waals surface area contributed by atoms with E-state index in [-0.39, 0.29) is 16.8 Å². The number of benzene rings is 1. The number of amides is 1. The summed E-state index contributed by atoms with van der Waals surface area (Å²) in [5, 5.41) is 3.03. The molecule has 2 fully saturated rings. The lowest BCUT2D eigenvalue weighted by Gasteiger charge is -2.21. The zero-order valence-electron chi connectivity index (χ0n) is 13.7. The van der Waals surface area contributed by atoms with Crippen LogP contribution in [0.3, 0.4) is 0 Å². The molecule has 3 rings (SSSR count). The Bertz CT molecular complexity index is 667. The Morgan fingerprint density at radius 1 is 1.04 bits per heavy atom. The number of nitrogens with one attached hydrogen (secondary N) is 1. The highest BCUT2D eigenvalue weighted by atomic mass is 32.2. The van der Waals surface area contributed by atoms with E-state index in [1.807, 2.05) is 6.92 Å². The standard InChI is InChI=1S/C18H25NO3S/c1-14-8-10-16(11-9-14)23(21,22)18(12-13-18)17(20)19-15-6-4-2-3-5-7-15/h8-11,15H,2-7,12-13H2,1H3,(H,19,20). The summed E-state index contributed by atoms with van der Waals surface area (Å²) in [7, 11) is -3.62. The highest BCUT2D eigenvalue weighted by molar-refractivity contribution is 7.94. The molecule has 0 unspecified atom stereocenters. The molecule has 2 saturated carbocycles. The summed E-state index contributed by atoms with van der Waals surface area (Å²) >= 11 is 0. The van der Waals surface area contributed by atoms with Crippen molar-refractivity contribution in [3.63, 3.8) is 0 Å². The van der Waals surface area contributed by atoms with E-state index in [1.54, 1.807) is 24.3 Å². The van der Waals surface area contributed by atoms with Crippen LogP contribution >= 0.6 is 0 Å². The molecule has 1 aromatic rings. The van der Waals surface area contributed by atoms with Gasteiger partial charge in [-0.1, -0.05) is 43.4 Å². The molecule has 2 aliphatic rings. The van der Waals surface area contributed by atoms with Gasteiger partial charge in [-0.15, -0.1) is 0 Å². The van der Waals surface area contributed by atoms with Crippen molar-refractivity contribution in [2.75, 3.05) is 0 Å². The molecule has 2 aliphatic carbocycles. The smallest absolute Gasteiger partial charge is 0.242 e. The van der Waals surface area contributed by atoms with Crippen molar-refractivity contribution in [1.29, 1.82) is 0 Å². The minimum absolute atomic E-state index is 0.135. The molecule has 0 bridgehead atoms. The molecule has 4 nitrogen and oxygen atoms in total. The van der Waals surface area contributed by atoms with E-state index < -0.39 is 14.6 Å². The predicted molar refractivity (Wildman–Crippen MR) is 90.0 cm³/mol. The largest absolute Gasteiger partial charge is 0.352 e. The molecule has 0 aromatic heterocycles. The first-order valence-electron chi connectivity index (χ1n) is 8.58. The van der Waals surface area contributed by atoms with Gasteiger partial charge in [0, 0.05) is 6.04 Å². The Balaban J connectivity index is 1.77. The fraction of sp³-hybridized carbons (Fsp3) is 0.611. The summed E-state index contributed by atoms with van der Waals surface area (Å²) in [5.74, 6) is -0.287. The second-order valence-corrected chi connectivity index (χ2v) is 9.23. The molecule has 0 saturated heterocycles. The number of rotatable bonds is 4. The van der Waals surface area contributed by atoms with Crippen LogP contribution in [0.25, 0.3) is 0 Å². The van der Waals surface area contributed by atoms with Crippen molar-refractivity contribution in [2.24, 2.45) is 0 Å². The number of hydrogen-bond donors (Lipinski definition) is 1. The van der Waals surface area contributed by atoms with Crippen molar-refractivity contribution in [2.45, 2.75) is 74.0 Å². The zero-order chi connectivity index (χ0) is 16.5. The van der Waals surface area contributed by atoms with E-state index in [0.29, 0.717) is 12.8 Å². The molecule has 0 aliphatic heterocycles. The van der Waals surface area contributed by atoms with Crippen molar-refractivity contribution in [3.05, 3.63) is 29.8 Å². The molecular formula is C18H25NO3S. The van der Waals surface area contributed by atoms with Crippen LogP contribution in [0.1, 0.15) is 56.9 Å². The quantitative estimate of drug-likeness (QED) is 0.860. The van der Waals surface area contributed by atoms with Crippen LogP contribution in [-0.2, 0) is 14.6 Å². The Kier molecular flexibility index (Phi) is 4.50. The van der Waals surface area contributed by atoms with Crippen LogP contribution in [0, 0.1) is 6.92 Å². The van der Waals surface area contributed by atoms with Crippen LogP contribution in [0.2, 0.25) is 0 Å². The number of sulfone groups is 1. The minimum atomic E-state index is -3.62. The first kappa shape index (κ1) is 16.5. The number of carbonyl (C=O) groups excluding carboxylic acids is 1. The van der Waals surface area contributed by atoms with Gasteiger partial charge in [0.2, 0.25) is 5.91 Å². The summed E-state index contributed by atoms with van der Waals surface area (Å²) in [6.45, 7) is 1.92. The Labute approximate surface area is 138 Å². The molecule has 5 heteroatoms. The first-order chi connectivity index (χ1) is 11.0. The van der Waals surface area contributed by atoms with Gasteiger partial charge in [-0.2, -0.15) is 0 Å². The number of carbonyl (C=O) groups is 1. The van der Waals surface area contributed by atoms with Crippen LogP contribution in [0.4, 0.5) is 0 Å². The second-order valence-electron chi connectivity index (χ2n) is 6.97. The summed E-state index contributed by atoms with van der Waals surface area (Å²) in [4.78, 5) is 13.0. The molecule has 0 atom stereocenters. The van der Waals surface area contributed by atoms with E-state index in [4.69, 9.17) is 0 Å². The average Bonchev–Trinajstić information content (AvgIpc) is 3.33. The van der Waals surface area contributed by atoms with Crippen LogP contribution < -0.4 is 5.32 Å². The summed E-state index contributed by atoms with van der Waals surface area (Å²) in [5.41, 5.74) is 1.01. The molecule has 23 heavy (non-hydrogen) atoms. The average molecular weight is 335 g/mol. The van der Waals surface area contributed by atoms with Gasteiger partial charge < -0.3 is 5.32 Å². The van der Waals surface area contributed by atoms with E-state index in [1.165, 1.54) is 12.8 Å². The van der Waals surface area contributed by atoms with Crippen molar-refractivity contribution in [1.82, 2.24) is 5.32 Å². The topological polar surface area (TPSA) is 63.2 Å². The van der Waals surface area contributed by atoms with Gasteiger partial charge in [0.05, 0.1) is 4.90 Å². The lowest BCUT2D eigenvalue weighted by Crippen LogP contribution is -2.46. The summed E-state index contributed by atoms with van der Waals surface area (Å²) in [6, 6.07) is 6.93. The van der Waals surface area contributed by atoms with E-state index in [2.05, 4.69) is 5.32 Å². The summed E-state index contributed by atoms with van der Waals surface area (Å²) < 4.78 is 24.6. The third kappa shape index (κ3) is 3.16. The van der Waals surface area contributed by atoms with Gasteiger partial charge in [0.15, 0.2) is 14.6 Å². The third-order valence-corrected chi connectivity index (χ3v) is 7.67. The van der Waals surface area contributed by atoms with E-state index in [9.17, 15) is 13.2 Å². The summed E-state index contributed by atoms with van der Waals surface area (Å²) in [6.07, 6.45) is 7.44. The molecule has 0 spiro atoms. The predicted octanol–water partition coefficient (Wildman–Crippen LogP) is 3.14. The van der Waals surface area contributed by atoms with Gasteiger partial charge in [-0.05, 0) is 44.7 Å². The van der Waals surface area contributed by atoms with Crippen molar-refractivity contribution in [3.8, 4) is 0 Å². The Morgan fingerprint density at radius 2 is 1.61 bits per heavy atom. The normalized spacial score (nSPS) is 21.4. The molecule has 126 valence electrons. The maximum Gasteiger partial charge on any atom is 0.242 e. The van der Waals surface area contributed by atoms with Crippen LogP contribution in [0.5, 0.6) is 0 Å². The SMILES string of the molecule is Cc1ccc(S(=O)(=O)C2(C(=O)NC3CCCCCC3)CC2)cc1. The molecule has 1 amide bonds. The van der Waals surface area contributed by atoms with E-state index >= 15 is 0 Å². The van der Waals surface area contributed by atoms with Gasteiger partial charge in [0.25, 0.3) is 0 Å². The zero-order valence-corrected chi connectivity index (χ0v) is 14.5. The Hall–Kier alpha value is -1.36. The maximum atomic E-state index is 12.9. The molecular weight excluding hydrogens is 310 g/mol. The lowest BCUT2D eigenvalue weighted by molar-refractivity contribution is -0.122. The lowest BCUT2D eigenvalue weighted by atomic mass is 10.1. The first-order valence-corrected chi connectivity index (χ1v) is 10.1. The van der Waals surface area contributed by atoms with Crippen LogP contribution in [0.15, 0.2) is 29.2 Å². The molecule has 0 radical (unpaired) electrons. The highest BCUT2D eigenvalue weighted by Gasteiger charge is 2.61. The second kappa shape index (κ2) is 6.27. The monoisotopic (exact) mass is 335 g/mol. The fourth-order valence-corrected chi connectivity index (χ4v) is 5.30.